The van der Waals surface area contributed by atoms with E-state index in [0.717, 1.165) is 35.4 Å². The van der Waals surface area contributed by atoms with Gasteiger partial charge in [0, 0.05) is 25.4 Å². The lowest BCUT2D eigenvalue weighted by atomic mass is 10.0. The summed E-state index contributed by atoms with van der Waals surface area (Å²) in [4.78, 5) is 0. The Bertz CT molecular complexity index is 587. The van der Waals surface area contributed by atoms with Crippen molar-refractivity contribution in [3.05, 3.63) is 44.9 Å². The highest BCUT2D eigenvalue weighted by Gasteiger charge is 2.19. The number of benzene rings is 1. The van der Waals surface area contributed by atoms with Gasteiger partial charge in [0.15, 0.2) is 0 Å². The van der Waals surface area contributed by atoms with E-state index in [1.54, 1.807) is 11.3 Å². The zero-order valence-corrected chi connectivity index (χ0v) is 13.0. The van der Waals surface area contributed by atoms with Gasteiger partial charge in [0.1, 0.15) is 10.0 Å². The van der Waals surface area contributed by atoms with Crippen LogP contribution < -0.4 is 5.32 Å². The topological polar surface area (TPSA) is 37.8 Å². The molecule has 1 saturated carbocycles. The van der Waals surface area contributed by atoms with Crippen LogP contribution in [0.2, 0.25) is 0 Å². The van der Waals surface area contributed by atoms with E-state index in [4.69, 9.17) is 0 Å². The highest BCUT2D eigenvalue weighted by atomic mass is 32.1. The van der Waals surface area contributed by atoms with E-state index in [0.29, 0.717) is 0 Å². The molecule has 1 aliphatic rings. The van der Waals surface area contributed by atoms with Crippen molar-refractivity contribution in [3.63, 3.8) is 0 Å². The van der Waals surface area contributed by atoms with E-state index in [1.165, 1.54) is 29.5 Å². The van der Waals surface area contributed by atoms with Gasteiger partial charge in [0.05, 0.1) is 0 Å². The van der Waals surface area contributed by atoms with Crippen LogP contribution in [0.15, 0.2) is 18.2 Å². The van der Waals surface area contributed by atoms with Crippen molar-refractivity contribution in [2.45, 2.75) is 45.6 Å². The van der Waals surface area contributed by atoms with Crippen molar-refractivity contribution >= 4 is 11.3 Å². The number of hydrogen-bond acceptors (Lipinski definition) is 4. The van der Waals surface area contributed by atoms with Gasteiger partial charge >= 0.3 is 0 Å². The van der Waals surface area contributed by atoms with Crippen molar-refractivity contribution in [2.75, 3.05) is 6.54 Å². The maximum absolute atomic E-state index is 4.32. The summed E-state index contributed by atoms with van der Waals surface area (Å²) in [6.07, 6.45) is 4.58. The van der Waals surface area contributed by atoms with Gasteiger partial charge in [-0.25, -0.2) is 0 Å². The maximum atomic E-state index is 4.32. The number of nitrogens with one attached hydrogen (secondary N) is 1. The molecule has 1 aromatic heterocycles. The molecule has 4 heteroatoms. The Balaban J connectivity index is 1.56. The van der Waals surface area contributed by atoms with Crippen LogP contribution in [0.4, 0.5) is 0 Å². The fourth-order valence-corrected chi connectivity index (χ4v) is 3.10. The number of aromatic nitrogens is 2. The predicted octanol–water partition coefficient (Wildman–Crippen LogP) is 3.04. The van der Waals surface area contributed by atoms with Gasteiger partial charge in [0.2, 0.25) is 0 Å². The van der Waals surface area contributed by atoms with E-state index in [-0.39, 0.29) is 0 Å². The van der Waals surface area contributed by atoms with Gasteiger partial charge in [-0.05, 0) is 43.4 Å². The first kappa shape index (κ1) is 13.7. The summed E-state index contributed by atoms with van der Waals surface area (Å²) in [5.41, 5.74) is 4.02. The fraction of sp³-hybridized carbons (Fsp3) is 0.500. The van der Waals surface area contributed by atoms with Crippen molar-refractivity contribution in [1.82, 2.24) is 15.5 Å². The highest BCUT2D eigenvalue weighted by molar-refractivity contribution is 7.11. The molecule has 3 rings (SSSR count). The molecule has 1 N–H and O–H groups in total. The first-order valence-electron chi connectivity index (χ1n) is 7.31. The first-order chi connectivity index (χ1) is 9.70. The Hall–Kier alpha value is -1.26. The summed E-state index contributed by atoms with van der Waals surface area (Å²) in [5, 5.41) is 14.4. The number of hydrogen-bond donors (Lipinski definition) is 1. The van der Waals surface area contributed by atoms with Crippen molar-refractivity contribution in [1.29, 1.82) is 0 Å². The minimum absolute atomic E-state index is 0.776. The third kappa shape index (κ3) is 3.64. The second kappa shape index (κ2) is 6.02. The van der Waals surface area contributed by atoms with Crippen LogP contribution in [0.1, 0.15) is 39.5 Å². The van der Waals surface area contributed by atoms with E-state index in [9.17, 15) is 0 Å². The van der Waals surface area contributed by atoms with E-state index in [1.807, 2.05) is 0 Å². The Morgan fingerprint density at radius 3 is 2.70 bits per heavy atom. The van der Waals surface area contributed by atoms with Crippen molar-refractivity contribution in [3.8, 4) is 0 Å². The minimum atomic E-state index is 0.776. The smallest absolute Gasteiger partial charge is 0.121 e. The molecular weight excluding hydrogens is 266 g/mol. The van der Waals surface area contributed by atoms with Crippen LogP contribution in [-0.2, 0) is 12.8 Å². The summed E-state index contributed by atoms with van der Waals surface area (Å²) in [6.45, 7) is 5.34. The van der Waals surface area contributed by atoms with E-state index < -0.39 is 0 Å². The molecule has 2 aromatic rings. The Morgan fingerprint density at radius 2 is 1.95 bits per heavy atom. The summed E-state index contributed by atoms with van der Waals surface area (Å²) in [5.74, 6) is 0. The predicted molar refractivity (Wildman–Crippen MR) is 83.4 cm³/mol. The van der Waals surface area contributed by atoms with Crippen LogP contribution in [0.3, 0.4) is 0 Å². The van der Waals surface area contributed by atoms with Crippen molar-refractivity contribution in [2.24, 2.45) is 0 Å². The molecule has 1 aliphatic carbocycles. The monoisotopic (exact) mass is 287 g/mol. The molecule has 0 amide bonds. The lowest BCUT2D eigenvalue weighted by molar-refractivity contribution is 0.677. The van der Waals surface area contributed by atoms with Gasteiger partial charge in [-0.1, -0.05) is 18.2 Å². The van der Waals surface area contributed by atoms with E-state index >= 15 is 0 Å². The van der Waals surface area contributed by atoms with Crippen LogP contribution in [-0.4, -0.2) is 22.8 Å². The lowest BCUT2D eigenvalue weighted by Gasteiger charge is -2.02. The van der Waals surface area contributed by atoms with Gasteiger partial charge in [-0.2, -0.15) is 0 Å². The fourth-order valence-electron chi connectivity index (χ4n) is 2.22. The number of nitrogens with zero attached hydrogens (tertiary/aromatic N) is 2. The standard InChI is InChI=1S/C16H21N3S/c1-11-3-4-13(9-12(11)2)10-16-19-18-15(20-16)7-8-17-14-5-6-14/h3-4,9,14,17H,5-8,10H2,1-2H3. The Labute approximate surface area is 124 Å². The third-order valence-electron chi connectivity index (χ3n) is 3.78. The number of rotatable bonds is 6. The lowest BCUT2D eigenvalue weighted by Crippen LogP contribution is -2.19. The molecule has 0 atom stereocenters. The molecule has 1 heterocycles. The molecule has 0 saturated heterocycles. The molecule has 0 bridgehead atoms. The van der Waals surface area contributed by atoms with Crippen LogP contribution in [0.5, 0.6) is 0 Å². The summed E-state index contributed by atoms with van der Waals surface area (Å²) in [6, 6.07) is 7.41. The normalized spacial score (nSPS) is 14.7. The van der Waals surface area contributed by atoms with Gasteiger partial charge in [0.25, 0.3) is 0 Å². The molecule has 0 spiro atoms. The SMILES string of the molecule is Cc1ccc(Cc2nnc(CCNC3CC3)s2)cc1C. The van der Waals surface area contributed by atoms with Crippen LogP contribution in [0, 0.1) is 13.8 Å². The average molecular weight is 287 g/mol. The van der Waals surface area contributed by atoms with Crippen LogP contribution >= 0.6 is 11.3 Å². The molecular formula is C16H21N3S. The molecule has 106 valence electrons. The molecule has 3 nitrogen and oxygen atoms in total. The van der Waals surface area contributed by atoms with E-state index in [2.05, 4.69) is 47.6 Å². The molecule has 20 heavy (non-hydrogen) atoms. The molecule has 0 radical (unpaired) electrons. The van der Waals surface area contributed by atoms with Crippen molar-refractivity contribution < 1.29 is 0 Å². The third-order valence-corrected chi connectivity index (χ3v) is 4.77. The largest absolute Gasteiger partial charge is 0.314 e. The second-order valence-electron chi connectivity index (χ2n) is 5.66. The van der Waals surface area contributed by atoms with Crippen LogP contribution in [0.25, 0.3) is 0 Å². The minimum Gasteiger partial charge on any atom is -0.314 e. The zero-order valence-electron chi connectivity index (χ0n) is 12.1. The highest BCUT2D eigenvalue weighted by Crippen LogP contribution is 2.19. The maximum Gasteiger partial charge on any atom is 0.121 e. The molecule has 1 aromatic carbocycles. The first-order valence-corrected chi connectivity index (χ1v) is 8.13. The van der Waals surface area contributed by atoms with Gasteiger partial charge < -0.3 is 5.32 Å². The Morgan fingerprint density at radius 1 is 1.15 bits per heavy atom. The molecule has 0 aliphatic heterocycles. The van der Waals surface area contributed by atoms with Gasteiger partial charge in [-0.15, -0.1) is 21.5 Å². The zero-order chi connectivity index (χ0) is 13.9. The molecule has 1 fully saturated rings. The summed E-state index contributed by atoms with van der Waals surface area (Å²) >= 11 is 1.75. The summed E-state index contributed by atoms with van der Waals surface area (Å²) < 4.78 is 0. The second-order valence-corrected chi connectivity index (χ2v) is 6.81. The quantitative estimate of drug-likeness (QED) is 0.887. The summed E-state index contributed by atoms with van der Waals surface area (Å²) in [7, 11) is 0. The average Bonchev–Trinajstić information content (AvgIpc) is 3.14. The number of aryl methyl sites for hydroxylation is 2. The molecule has 0 unspecified atom stereocenters. The Kier molecular flexibility index (Phi) is 4.13. The van der Waals surface area contributed by atoms with Gasteiger partial charge in [-0.3, -0.25) is 0 Å².